The second-order valence-electron chi connectivity index (χ2n) is 5.87. The number of amides is 2. The smallest absolute Gasteiger partial charge is 0.290 e. The van der Waals surface area contributed by atoms with Crippen molar-refractivity contribution < 1.29 is 9.59 Å². The van der Waals surface area contributed by atoms with Crippen molar-refractivity contribution in [2.45, 2.75) is 20.8 Å². The van der Waals surface area contributed by atoms with E-state index in [4.69, 9.17) is 0 Å². The SMILES string of the molecule is CC(=O)Nc1cccc(/C(C)=N\NC(=O)c2c(C)nc3ccccn23)c1. The van der Waals surface area contributed by atoms with Crippen LogP contribution >= 0.6 is 0 Å². The maximum Gasteiger partial charge on any atom is 0.290 e. The molecular formula is C19H19N5O2. The Labute approximate surface area is 150 Å². The lowest BCUT2D eigenvalue weighted by molar-refractivity contribution is -0.114. The summed E-state index contributed by atoms with van der Waals surface area (Å²) in [6, 6.07) is 12.8. The monoisotopic (exact) mass is 349 g/mol. The van der Waals surface area contributed by atoms with Gasteiger partial charge in [0.2, 0.25) is 5.91 Å². The highest BCUT2D eigenvalue weighted by Gasteiger charge is 2.15. The van der Waals surface area contributed by atoms with Crippen molar-refractivity contribution >= 4 is 28.9 Å². The number of aromatic nitrogens is 2. The number of carbonyl (C=O) groups is 2. The first-order valence-electron chi connectivity index (χ1n) is 8.12. The first-order valence-corrected chi connectivity index (χ1v) is 8.12. The molecule has 0 saturated carbocycles. The lowest BCUT2D eigenvalue weighted by Gasteiger charge is -2.06. The number of nitrogens with one attached hydrogen (secondary N) is 2. The van der Waals surface area contributed by atoms with E-state index < -0.39 is 0 Å². The third-order valence-corrected chi connectivity index (χ3v) is 3.85. The quantitative estimate of drug-likeness (QED) is 0.561. The number of pyridine rings is 1. The Kier molecular flexibility index (Phi) is 4.79. The van der Waals surface area contributed by atoms with E-state index in [0.29, 0.717) is 28.4 Å². The van der Waals surface area contributed by atoms with Crippen molar-refractivity contribution in [1.29, 1.82) is 0 Å². The molecule has 0 aliphatic rings. The minimum atomic E-state index is -0.335. The molecular weight excluding hydrogens is 330 g/mol. The average Bonchev–Trinajstić information content (AvgIpc) is 2.94. The summed E-state index contributed by atoms with van der Waals surface area (Å²) < 4.78 is 1.73. The zero-order chi connectivity index (χ0) is 18.7. The summed E-state index contributed by atoms with van der Waals surface area (Å²) in [6.07, 6.45) is 1.79. The molecule has 7 heteroatoms. The van der Waals surface area contributed by atoms with Gasteiger partial charge in [0.1, 0.15) is 11.3 Å². The summed E-state index contributed by atoms with van der Waals surface area (Å²) in [4.78, 5) is 28.1. The number of imidazole rings is 1. The third kappa shape index (κ3) is 3.61. The molecule has 3 aromatic rings. The number of aryl methyl sites for hydroxylation is 1. The summed E-state index contributed by atoms with van der Waals surface area (Å²) in [5.74, 6) is -0.480. The van der Waals surface area contributed by atoms with Crippen molar-refractivity contribution in [2.75, 3.05) is 5.32 Å². The molecule has 0 fully saturated rings. The van der Waals surface area contributed by atoms with Gasteiger partial charge in [0, 0.05) is 18.8 Å². The van der Waals surface area contributed by atoms with Crippen molar-refractivity contribution in [3.05, 3.63) is 65.6 Å². The molecule has 7 nitrogen and oxygen atoms in total. The molecule has 0 bridgehead atoms. The van der Waals surface area contributed by atoms with E-state index in [-0.39, 0.29) is 11.8 Å². The Balaban J connectivity index is 1.81. The van der Waals surface area contributed by atoms with E-state index >= 15 is 0 Å². The Bertz CT molecular complexity index is 1020. The van der Waals surface area contributed by atoms with Crippen LogP contribution in [0.25, 0.3) is 5.65 Å². The van der Waals surface area contributed by atoms with Crippen molar-refractivity contribution in [1.82, 2.24) is 14.8 Å². The van der Waals surface area contributed by atoms with Gasteiger partial charge in [-0.3, -0.25) is 14.0 Å². The Hall–Kier alpha value is -3.48. The van der Waals surface area contributed by atoms with Gasteiger partial charge in [-0.25, -0.2) is 10.4 Å². The molecule has 2 heterocycles. The van der Waals surface area contributed by atoms with Crippen molar-refractivity contribution in [2.24, 2.45) is 5.10 Å². The summed E-state index contributed by atoms with van der Waals surface area (Å²) >= 11 is 0. The van der Waals surface area contributed by atoms with E-state index in [9.17, 15) is 9.59 Å². The van der Waals surface area contributed by atoms with Crippen molar-refractivity contribution in [3.63, 3.8) is 0 Å². The zero-order valence-electron chi connectivity index (χ0n) is 14.8. The van der Waals surface area contributed by atoms with E-state index in [0.717, 1.165) is 5.56 Å². The van der Waals surface area contributed by atoms with Crippen LogP contribution in [-0.2, 0) is 4.79 Å². The lowest BCUT2D eigenvalue weighted by Crippen LogP contribution is -2.22. The average molecular weight is 349 g/mol. The van der Waals surface area contributed by atoms with Crippen LogP contribution in [0.15, 0.2) is 53.8 Å². The summed E-state index contributed by atoms with van der Waals surface area (Å²) in [5.41, 5.74) is 6.46. The fourth-order valence-corrected chi connectivity index (χ4v) is 2.66. The first kappa shape index (κ1) is 17.3. The Morgan fingerprint density at radius 1 is 1.12 bits per heavy atom. The summed E-state index contributed by atoms with van der Waals surface area (Å²) in [7, 11) is 0. The fourth-order valence-electron chi connectivity index (χ4n) is 2.66. The first-order chi connectivity index (χ1) is 12.5. The highest BCUT2D eigenvalue weighted by molar-refractivity contribution is 6.02. The van der Waals surface area contributed by atoms with Gasteiger partial charge in [0.05, 0.1) is 11.4 Å². The van der Waals surface area contributed by atoms with Crippen LogP contribution in [0.5, 0.6) is 0 Å². The second-order valence-corrected chi connectivity index (χ2v) is 5.87. The van der Waals surface area contributed by atoms with E-state index in [1.807, 2.05) is 30.3 Å². The van der Waals surface area contributed by atoms with Gasteiger partial charge in [-0.2, -0.15) is 5.10 Å². The number of benzene rings is 1. The Morgan fingerprint density at radius 2 is 1.92 bits per heavy atom. The van der Waals surface area contributed by atoms with Gasteiger partial charge < -0.3 is 5.32 Å². The highest BCUT2D eigenvalue weighted by Crippen LogP contribution is 2.13. The maximum atomic E-state index is 12.6. The fraction of sp³-hybridized carbons (Fsp3) is 0.158. The molecule has 132 valence electrons. The molecule has 2 amide bonds. The van der Waals surface area contributed by atoms with Gasteiger partial charge in [-0.15, -0.1) is 0 Å². The molecule has 0 saturated heterocycles. The number of anilines is 1. The zero-order valence-corrected chi connectivity index (χ0v) is 14.8. The molecule has 0 atom stereocenters. The molecule has 0 unspecified atom stereocenters. The van der Waals surface area contributed by atoms with Gasteiger partial charge in [0.25, 0.3) is 5.91 Å². The minimum Gasteiger partial charge on any atom is -0.326 e. The summed E-state index contributed by atoms with van der Waals surface area (Å²) in [5, 5.41) is 6.90. The van der Waals surface area contributed by atoms with Crippen LogP contribution in [-0.4, -0.2) is 26.9 Å². The van der Waals surface area contributed by atoms with Crippen LogP contribution in [0, 0.1) is 6.92 Å². The van der Waals surface area contributed by atoms with Crippen LogP contribution in [0.4, 0.5) is 5.69 Å². The molecule has 26 heavy (non-hydrogen) atoms. The molecule has 2 aromatic heterocycles. The lowest BCUT2D eigenvalue weighted by atomic mass is 10.1. The molecule has 0 spiro atoms. The molecule has 0 radical (unpaired) electrons. The third-order valence-electron chi connectivity index (χ3n) is 3.85. The second kappa shape index (κ2) is 7.18. The molecule has 0 aliphatic carbocycles. The number of hydrogen-bond donors (Lipinski definition) is 2. The van der Waals surface area contributed by atoms with Crippen LogP contribution in [0.1, 0.15) is 35.6 Å². The number of hydrogen-bond acceptors (Lipinski definition) is 4. The van der Waals surface area contributed by atoms with Gasteiger partial charge >= 0.3 is 0 Å². The molecule has 1 aromatic carbocycles. The standard InChI is InChI=1S/C19H19N5O2/c1-12(15-7-6-8-16(11-15)21-14(3)25)22-23-19(26)18-13(2)20-17-9-4-5-10-24(17)18/h4-11H,1-3H3,(H,21,25)(H,23,26)/b22-12-. The van der Waals surface area contributed by atoms with Gasteiger partial charge in [-0.1, -0.05) is 18.2 Å². The van der Waals surface area contributed by atoms with E-state index in [1.165, 1.54) is 6.92 Å². The molecule has 0 aliphatic heterocycles. The topological polar surface area (TPSA) is 87.9 Å². The number of rotatable bonds is 4. The number of fused-ring (bicyclic) bond motifs is 1. The Morgan fingerprint density at radius 3 is 2.69 bits per heavy atom. The van der Waals surface area contributed by atoms with E-state index in [1.54, 1.807) is 36.6 Å². The van der Waals surface area contributed by atoms with Crippen LogP contribution in [0.2, 0.25) is 0 Å². The highest BCUT2D eigenvalue weighted by atomic mass is 16.2. The minimum absolute atomic E-state index is 0.145. The number of carbonyl (C=O) groups excluding carboxylic acids is 2. The number of hydrazone groups is 1. The van der Waals surface area contributed by atoms with Crippen LogP contribution in [0.3, 0.4) is 0 Å². The van der Waals surface area contributed by atoms with Gasteiger partial charge in [0.15, 0.2) is 0 Å². The van der Waals surface area contributed by atoms with E-state index in [2.05, 4.69) is 20.8 Å². The maximum absolute atomic E-state index is 12.6. The van der Waals surface area contributed by atoms with Crippen LogP contribution < -0.4 is 10.7 Å². The predicted molar refractivity (Wildman–Crippen MR) is 100 cm³/mol. The number of nitrogens with zero attached hydrogens (tertiary/aromatic N) is 3. The molecule has 2 N–H and O–H groups in total. The van der Waals surface area contributed by atoms with Crippen molar-refractivity contribution in [3.8, 4) is 0 Å². The predicted octanol–water partition coefficient (Wildman–Crippen LogP) is 2.76. The largest absolute Gasteiger partial charge is 0.326 e. The van der Waals surface area contributed by atoms with Gasteiger partial charge in [-0.05, 0) is 43.7 Å². The summed E-state index contributed by atoms with van der Waals surface area (Å²) in [6.45, 7) is 5.02. The normalized spacial score (nSPS) is 11.4. The molecule has 3 rings (SSSR count).